The van der Waals surface area contributed by atoms with Gasteiger partial charge in [0, 0.05) is 0 Å². The fraction of sp³-hybridized carbons (Fsp3) is 0.200. The second-order valence-electron chi connectivity index (χ2n) is 1.77. The van der Waals surface area contributed by atoms with E-state index in [9.17, 15) is 13.2 Å². The minimum atomic E-state index is -4.81. The van der Waals surface area contributed by atoms with Gasteiger partial charge in [-0.1, -0.05) is 0 Å². The third-order valence-corrected chi connectivity index (χ3v) is 0.822. The summed E-state index contributed by atoms with van der Waals surface area (Å²) in [6, 6.07) is -0.847. The minimum Gasteiger partial charge on any atom is -0.505 e. The van der Waals surface area contributed by atoms with Gasteiger partial charge < -0.3 is 9.84 Å². The first kappa shape index (κ1) is 8.57. The molecule has 0 radical (unpaired) electrons. The Bertz CT molecular complexity index is 258. The Morgan fingerprint density at radius 1 is 1.25 bits per heavy atom. The van der Waals surface area contributed by atoms with Gasteiger partial charge in [0.1, 0.15) is 0 Å². The number of aromatic nitrogens is 2. The van der Waals surface area contributed by atoms with E-state index in [-0.39, 0.29) is 5.75 Å². The Morgan fingerprint density at radius 3 is 2.17 bits per heavy atom. The quantitative estimate of drug-likeness (QED) is 0.702. The van der Waals surface area contributed by atoms with Crippen LogP contribution in [-0.4, -0.2) is 21.4 Å². The van der Waals surface area contributed by atoms with Crippen molar-refractivity contribution in [3.05, 3.63) is 12.4 Å². The van der Waals surface area contributed by atoms with Crippen LogP contribution in [0.5, 0.6) is 11.8 Å². The zero-order valence-corrected chi connectivity index (χ0v) is 5.54. The van der Waals surface area contributed by atoms with Crippen LogP contribution >= 0.6 is 0 Å². The van der Waals surface area contributed by atoms with Crippen LogP contribution in [0.25, 0.3) is 0 Å². The number of hydrogen-bond acceptors (Lipinski definition) is 4. The van der Waals surface area contributed by atoms with Crippen LogP contribution in [0.15, 0.2) is 12.4 Å². The number of hydrogen-bond donors (Lipinski definition) is 1. The van der Waals surface area contributed by atoms with Crippen LogP contribution in [0.3, 0.4) is 0 Å². The molecule has 7 heteroatoms. The van der Waals surface area contributed by atoms with Gasteiger partial charge in [-0.2, -0.15) is 9.97 Å². The van der Waals surface area contributed by atoms with E-state index >= 15 is 0 Å². The maximum Gasteiger partial charge on any atom is 0.575 e. The van der Waals surface area contributed by atoms with Crippen molar-refractivity contribution in [2.24, 2.45) is 0 Å². The highest BCUT2D eigenvalue weighted by Gasteiger charge is 2.32. The lowest BCUT2D eigenvalue weighted by molar-refractivity contribution is -0.277. The average Bonchev–Trinajstić information content (AvgIpc) is 1.91. The second kappa shape index (κ2) is 2.84. The lowest BCUT2D eigenvalue weighted by Crippen LogP contribution is -2.18. The molecule has 0 aliphatic rings. The maximum absolute atomic E-state index is 11.5. The smallest absolute Gasteiger partial charge is 0.505 e. The molecule has 66 valence electrons. The third-order valence-electron chi connectivity index (χ3n) is 0.822. The van der Waals surface area contributed by atoms with Gasteiger partial charge in [-0.25, -0.2) is 0 Å². The monoisotopic (exact) mass is 180 g/mol. The fourth-order valence-corrected chi connectivity index (χ4v) is 0.466. The van der Waals surface area contributed by atoms with Crippen LogP contribution in [-0.2, 0) is 0 Å². The topological polar surface area (TPSA) is 55.2 Å². The molecule has 0 aromatic carbocycles. The number of aromatic hydroxyl groups is 1. The lowest BCUT2D eigenvalue weighted by Gasteiger charge is -2.05. The SMILES string of the molecule is Oc1cnc(OC(F)(F)F)nc1. The van der Waals surface area contributed by atoms with Crippen LogP contribution in [0.2, 0.25) is 0 Å². The molecule has 0 atom stereocenters. The normalized spacial score (nSPS) is 11.2. The standard InChI is InChI=1S/C5H3F3N2O2/c6-5(7,8)12-4-9-1-3(11)2-10-4/h1-2,11H. The number of ether oxygens (including phenoxy) is 1. The predicted octanol–water partition coefficient (Wildman–Crippen LogP) is 1.08. The predicted molar refractivity (Wildman–Crippen MR) is 30.4 cm³/mol. The number of rotatable bonds is 1. The average molecular weight is 180 g/mol. The second-order valence-corrected chi connectivity index (χ2v) is 1.77. The largest absolute Gasteiger partial charge is 0.575 e. The van der Waals surface area contributed by atoms with Crippen molar-refractivity contribution in [2.45, 2.75) is 6.36 Å². The summed E-state index contributed by atoms with van der Waals surface area (Å²) in [6.07, 6.45) is -3.21. The summed E-state index contributed by atoms with van der Waals surface area (Å²) in [5.74, 6) is -0.329. The first-order valence-corrected chi connectivity index (χ1v) is 2.74. The van der Waals surface area contributed by atoms with E-state index in [1.807, 2.05) is 0 Å². The number of alkyl halides is 3. The molecule has 0 bridgehead atoms. The van der Waals surface area contributed by atoms with Gasteiger partial charge in [0.05, 0.1) is 12.4 Å². The van der Waals surface area contributed by atoms with Gasteiger partial charge >= 0.3 is 12.4 Å². The first-order valence-electron chi connectivity index (χ1n) is 2.74. The Labute approximate surface area is 64.6 Å². The van der Waals surface area contributed by atoms with Crippen molar-refractivity contribution >= 4 is 0 Å². The van der Waals surface area contributed by atoms with Crippen LogP contribution < -0.4 is 4.74 Å². The zero-order chi connectivity index (χ0) is 9.19. The molecule has 4 nitrogen and oxygen atoms in total. The van der Waals surface area contributed by atoms with Gasteiger partial charge in [0.2, 0.25) is 0 Å². The lowest BCUT2D eigenvalue weighted by atomic mass is 10.6. The molecule has 0 fully saturated rings. The highest BCUT2D eigenvalue weighted by Crippen LogP contribution is 2.19. The van der Waals surface area contributed by atoms with E-state index in [1.54, 1.807) is 0 Å². The molecular formula is C5H3F3N2O2. The Kier molecular flexibility index (Phi) is 2.03. The van der Waals surface area contributed by atoms with E-state index in [0.29, 0.717) is 0 Å². The molecule has 1 aromatic heterocycles. The molecule has 0 saturated heterocycles. The van der Waals surface area contributed by atoms with Crippen LogP contribution in [0, 0.1) is 0 Å². The van der Waals surface area contributed by atoms with E-state index in [1.165, 1.54) is 0 Å². The summed E-state index contributed by atoms with van der Waals surface area (Å²) >= 11 is 0. The van der Waals surface area contributed by atoms with E-state index in [2.05, 4.69) is 14.7 Å². The first-order chi connectivity index (χ1) is 5.47. The molecule has 1 heterocycles. The van der Waals surface area contributed by atoms with Gasteiger partial charge in [-0.15, -0.1) is 13.2 Å². The summed E-state index contributed by atoms with van der Waals surface area (Å²) in [5.41, 5.74) is 0. The summed E-state index contributed by atoms with van der Waals surface area (Å²) < 4.78 is 37.8. The van der Waals surface area contributed by atoms with Crippen molar-refractivity contribution < 1.29 is 23.0 Å². The molecule has 1 aromatic rings. The molecule has 0 aliphatic carbocycles. The van der Waals surface area contributed by atoms with E-state index in [4.69, 9.17) is 5.11 Å². The maximum atomic E-state index is 11.5. The van der Waals surface area contributed by atoms with Crippen LogP contribution in [0.4, 0.5) is 13.2 Å². The summed E-state index contributed by atoms with van der Waals surface area (Å²) in [4.78, 5) is 6.12. The molecule has 0 spiro atoms. The van der Waals surface area contributed by atoms with Gasteiger partial charge in [0.25, 0.3) is 0 Å². The minimum absolute atomic E-state index is 0.329. The highest BCUT2D eigenvalue weighted by atomic mass is 19.4. The molecule has 1 N–H and O–H groups in total. The van der Waals surface area contributed by atoms with Crippen LogP contribution in [0.1, 0.15) is 0 Å². The fourth-order valence-electron chi connectivity index (χ4n) is 0.466. The number of nitrogens with zero attached hydrogens (tertiary/aromatic N) is 2. The van der Waals surface area contributed by atoms with Crippen molar-refractivity contribution in [1.29, 1.82) is 0 Å². The van der Waals surface area contributed by atoms with E-state index < -0.39 is 12.4 Å². The molecule has 0 saturated carbocycles. The zero-order valence-electron chi connectivity index (χ0n) is 5.54. The number of halogens is 3. The summed E-state index contributed by atoms with van der Waals surface area (Å²) in [7, 11) is 0. The van der Waals surface area contributed by atoms with E-state index in [0.717, 1.165) is 12.4 Å². The summed E-state index contributed by atoms with van der Waals surface area (Å²) in [6.45, 7) is 0. The van der Waals surface area contributed by atoms with Gasteiger partial charge in [-0.05, 0) is 0 Å². The van der Waals surface area contributed by atoms with Crippen molar-refractivity contribution in [3.8, 4) is 11.8 Å². The molecule has 0 unspecified atom stereocenters. The molecular weight excluding hydrogens is 177 g/mol. The molecule has 0 aliphatic heterocycles. The Hall–Kier alpha value is -1.53. The third kappa shape index (κ3) is 2.60. The van der Waals surface area contributed by atoms with Crippen molar-refractivity contribution in [1.82, 2.24) is 9.97 Å². The van der Waals surface area contributed by atoms with Crippen molar-refractivity contribution in [2.75, 3.05) is 0 Å². The molecule has 1 rings (SSSR count). The Morgan fingerprint density at radius 2 is 1.75 bits per heavy atom. The molecule has 0 amide bonds. The Balaban J connectivity index is 2.71. The van der Waals surface area contributed by atoms with Gasteiger partial charge in [-0.3, -0.25) is 0 Å². The summed E-state index contributed by atoms with van der Waals surface area (Å²) in [5, 5.41) is 8.59. The highest BCUT2D eigenvalue weighted by molar-refractivity contribution is 5.11. The van der Waals surface area contributed by atoms with Gasteiger partial charge in [0.15, 0.2) is 5.75 Å². The molecule has 12 heavy (non-hydrogen) atoms. The van der Waals surface area contributed by atoms with Crippen molar-refractivity contribution in [3.63, 3.8) is 0 Å².